The van der Waals surface area contributed by atoms with Gasteiger partial charge in [0.05, 0.1) is 11.0 Å². The van der Waals surface area contributed by atoms with E-state index >= 15 is 0 Å². The second-order valence-electron chi connectivity index (χ2n) is 3.98. The standard InChI is InChI=1S/C10H14N2O5/c1-2-3-6-10(12(16)17)7-8(11(14)15)4-5-9(10)13/h4-5,7,9,13H,2-3,6H2,1H3. The number of aliphatic hydroxyl groups is 1. The molecule has 2 atom stereocenters. The number of aliphatic hydroxyl groups excluding tert-OH is 1. The van der Waals surface area contributed by atoms with Gasteiger partial charge in [-0.15, -0.1) is 0 Å². The van der Waals surface area contributed by atoms with Crippen LogP contribution in [0.25, 0.3) is 0 Å². The van der Waals surface area contributed by atoms with Crippen molar-refractivity contribution < 1.29 is 15.0 Å². The molecule has 2 unspecified atom stereocenters. The highest BCUT2D eigenvalue weighted by molar-refractivity contribution is 5.27. The smallest absolute Gasteiger partial charge is 0.276 e. The predicted octanol–water partition coefficient (Wildman–Crippen LogP) is 1.28. The molecule has 1 aliphatic carbocycles. The fourth-order valence-corrected chi connectivity index (χ4v) is 1.79. The summed E-state index contributed by atoms with van der Waals surface area (Å²) in [5.41, 5.74) is -2.12. The first kappa shape index (κ1) is 13.3. The third-order valence-electron chi connectivity index (χ3n) is 2.84. The molecule has 0 radical (unpaired) electrons. The van der Waals surface area contributed by atoms with E-state index in [0.717, 1.165) is 18.2 Å². The van der Waals surface area contributed by atoms with E-state index in [1.54, 1.807) is 0 Å². The van der Waals surface area contributed by atoms with Crippen molar-refractivity contribution in [1.29, 1.82) is 0 Å². The molecule has 7 nitrogen and oxygen atoms in total. The van der Waals surface area contributed by atoms with Crippen molar-refractivity contribution in [2.75, 3.05) is 0 Å². The average Bonchev–Trinajstić information content (AvgIpc) is 2.27. The molecule has 0 fully saturated rings. The number of hydrogen-bond donors (Lipinski definition) is 1. The number of unbranched alkanes of at least 4 members (excludes halogenated alkanes) is 1. The van der Waals surface area contributed by atoms with Crippen LogP contribution in [0.1, 0.15) is 26.2 Å². The molecule has 0 bridgehead atoms. The Morgan fingerprint density at radius 2 is 2.12 bits per heavy atom. The topological polar surface area (TPSA) is 107 Å². The summed E-state index contributed by atoms with van der Waals surface area (Å²) in [7, 11) is 0. The fraction of sp³-hybridized carbons (Fsp3) is 0.600. The second-order valence-corrected chi connectivity index (χ2v) is 3.98. The van der Waals surface area contributed by atoms with Crippen LogP contribution in [0.4, 0.5) is 0 Å². The number of hydrogen-bond acceptors (Lipinski definition) is 5. The molecule has 1 aliphatic rings. The number of allylic oxidation sites excluding steroid dienone is 1. The summed E-state index contributed by atoms with van der Waals surface area (Å²) in [6.45, 7) is 1.86. The van der Waals surface area contributed by atoms with Crippen LogP contribution in [-0.4, -0.2) is 26.6 Å². The molecule has 7 heteroatoms. The lowest BCUT2D eigenvalue weighted by Crippen LogP contribution is -2.48. The van der Waals surface area contributed by atoms with E-state index in [0.29, 0.717) is 12.8 Å². The van der Waals surface area contributed by atoms with Crippen molar-refractivity contribution in [3.63, 3.8) is 0 Å². The van der Waals surface area contributed by atoms with Gasteiger partial charge in [-0.1, -0.05) is 13.3 Å². The number of nitrogens with zero attached hydrogens (tertiary/aromatic N) is 2. The maximum Gasteiger partial charge on any atom is 0.276 e. The molecular weight excluding hydrogens is 228 g/mol. The SMILES string of the molecule is CCCCC1([N+](=O)[O-])C=C([N+](=O)[O-])C=CC1O. The van der Waals surface area contributed by atoms with Crippen molar-refractivity contribution in [2.24, 2.45) is 0 Å². The van der Waals surface area contributed by atoms with Gasteiger partial charge in [0.2, 0.25) is 0 Å². The first-order chi connectivity index (χ1) is 7.94. The first-order valence-electron chi connectivity index (χ1n) is 5.32. The van der Waals surface area contributed by atoms with Crippen LogP contribution < -0.4 is 0 Å². The summed E-state index contributed by atoms with van der Waals surface area (Å²) in [6, 6.07) is 0. The maximum absolute atomic E-state index is 11.1. The minimum Gasteiger partial charge on any atom is -0.381 e. The van der Waals surface area contributed by atoms with Gasteiger partial charge in [-0.3, -0.25) is 20.2 Å². The normalized spacial score (nSPS) is 27.6. The Balaban J connectivity index is 3.13. The molecule has 0 aromatic rings. The third kappa shape index (κ3) is 2.50. The lowest BCUT2D eigenvalue weighted by molar-refractivity contribution is -0.568. The molecule has 94 valence electrons. The molecule has 0 saturated carbocycles. The van der Waals surface area contributed by atoms with E-state index in [2.05, 4.69) is 0 Å². The van der Waals surface area contributed by atoms with Crippen molar-refractivity contribution >= 4 is 0 Å². The van der Waals surface area contributed by atoms with Gasteiger partial charge in [-0.05, 0) is 12.5 Å². The zero-order valence-electron chi connectivity index (χ0n) is 9.41. The number of nitro groups is 2. The van der Waals surface area contributed by atoms with Gasteiger partial charge in [0.15, 0.2) is 0 Å². The van der Waals surface area contributed by atoms with Crippen LogP contribution in [0.5, 0.6) is 0 Å². The molecular formula is C10H14N2O5. The Kier molecular flexibility index (Phi) is 3.95. The van der Waals surface area contributed by atoms with Crippen molar-refractivity contribution in [2.45, 2.75) is 37.8 Å². The van der Waals surface area contributed by atoms with Crippen molar-refractivity contribution in [3.05, 3.63) is 44.2 Å². The van der Waals surface area contributed by atoms with Crippen molar-refractivity contribution in [1.82, 2.24) is 0 Å². The Morgan fingerprint density at radius 3 is 2.59 bits per heavy atom. The van der Waals surface area contributed by atoms with Gasteiger partial charge >= 0.3 is 0 Å². The van der Waals surface area contributed by atoms with Gasteiger partial charge in [-0.25, -0.2) is 0 Å². The van der Waals surface area contributed by atoms with Gasteiger partial charge in [0, 0.05) is 17.4 Å². The molecule has 0 aromatic carbocycles. The molecule has 1 rings (SSSR count). The molecule has 0 saturated heterocycles. The van der Waals surface area contributed by atoms with E-state index in [1.807, 2.05) is 6.92 Å². The average molecular weight is 242 g/mol. The summed E-state index contributed by atoms with van der Waals surface area (Å²) in [5.74, 6) is 0. The van der Waals surface area contributed by atoms with Crippen LogP contribution in [0.3, 0.4) is 0 Å². The summed E-state index contributed by atoms with van der Waals surface area (Å²) in [5, 5.41) is 31.5. The summed E-state index contributed by atoms with van der Waals surface area (Å²) in [4.78, 5) is 20.4. The lowest BCUT2D eigenvalue weighted by atomic mass is 9.83. The largest absolute Gasteiger partial charge is 0.381 e. The Labute approximate surface area is 97.7 Å². The number of rotatable bonds is 5. The van der Waals surface area contributed by atoms with E-state index in [9.17, 15) is 25.3 Å². The van der Waals surface area contributed by atoms with Crippen LogP contribution >= 0.6 is 0 Å². The van der Waals surface area contributed by atoms with E-state index in [4.69, 9.17) is 0 Å². The van der Waals surface area contributed by atoms with Gasteiger partial charge in [0.1, 0.15) is 6.10 Å². The van der Waals surface area contributed by atoms with Crippen LogP contribution in [0, 0.1) is 20.2 Å². The third-order valence-corrected chi connectivity index (χ3v) is 2.84. The fourth-order valence-electron chi connectivity index (χ4n) is 1.79. The molecule has 0 aromatic heterocycles. The summed E-state index contributed by atoms with van der Waals surface area (Å²) in [6.07, 6.45) is 3.15. The predicted molar refractivity (Wildman–Crippen MR) is 59.5 cm³/mol. The molecule has 0 aliphatic heterocycles. The lowest BCUT2D eigenvalue weighted by Gasteiger charge is -2.26. The summed E-state index contributed by atoms with van der Waals surface area (Å²) < 4.78 is 0. The minimum absolute atomic E-state index is 0.0827. The molecule has 0 amide bonds. The highest BCUT2D eigenvalue weighted by Gasteiger charge is 2.50. The first-order valence-corrected chi connectivity index (χ1v) is 5.32. The van der Waals surface area contributed by atoms with Gasteiger partial charge < -0.3 is 5.11 Å². The van der Waals surface area contributed by atoms with Crippen LogP contribution in [0.15, 0.2) is 23.9 Å². The Morgan fingerprint density at radius 1 is 1.47 bits per heavy atom. The van der Waals surface area contributed by atoms with Gasteiger partial charge in [0.25, 0.3) is 11.2 Å². The van der Waals surface area contributed by atoms with Gasteiger partial charge in [-0.2, -0.15) is 0 Å². The second kappa shape index (κ2) is 5.05. The quantitative estimate of drug-likeness (QED) is 0.577. The molecule has 0 heterocycles. The highest BCUT2D eigenvalue weighted by atomic mass is 16.6. The minimum atomic E-state index is -1.77. The zero-order valence-corrected chi connectivity index (χ0v) is 9.41. The van der Waals surface area contributed by atoms with Crippen LogP contribution in [-0.2, 0) is 0 Å². The zero-order chi connectivity index (χ0) is 13.1. The summed E-state index contributed by atoms with van der Waals surface area (Å²) >= 11 is 0. The molecule has 0 spiro atoms. The van der Waals surface area contributed by atoms with E-state index in [-0.39, 0.29) is 12.1 Å². The molecule has 17 heavy (non-hydrogen) atoms. The monoisotopic (exact) mass is 242 g/mol. The van der Waals surface area contributed by atoms with Crippen LogP contribution in [0.2, 0.25) is 0 Å². The van der Waals surface area contributed by atoms with Crippen molar-refractivity contribution in [3.8, 4) is 0 Å². The Bertz CT molecular complexity index is 390. The Hall–Kier alpha value is -1.76. The maximum atomic E-state index is 11.1. The molecule has 1 N–H and O–H groups in total. The van der Waals surface area contributed by atoms with E-state index < -0.39 is 21.5 Å². The highest BCUT2D eigenvalue weighted by Crippen LogP contribution is 2.30. The van der Waals surface area contributed by atoms with E-state index in [1.165, 1.54) is 0 Å².